The van der Waals surface area contributed by atoms with Gasteiger partial charge in [-0.1, -0.05) is 6.08 Å². The first kappa shape index (κ1) is 21.4. The molecule has 3 rings (SSSR count). The number of thioether (sulfide) groups is 1. The average molecular weight is 407 g/mol. The van der Waals surface area contributed by atoms with E-state index in [2.05, 4.69) is 25.7 Å². The van der Waals surface area contributed by atoms with Gasteiger partial charge in [0.1, 0.15) is 0 Å². The van der Waals surface area contributed by atoms with Gasteiger partial charge in [-0.25, -0.2) is 0 Å². The molecule has 0 bridgehead atoms. The number of hydrogen-bond donors (Lipinski definition) is 1. The van der Waals surface area contributed by atoms with Crippen LogP contribution >= 0.6 is 11.8 Å². The van der Waals surface area contributed by atoms with Gasteiger partial charge in [-0.2, -0.15) is 16.9 Å². The summed E-state index contributed by atoms with van der Waals surface area (Å²) >= 11 is 1.92. The molecule has 2 heterocycles. The predicted octanol–water partition coefficient (Wildman–Crippen LogP) is 2.52. The minimum Gasteiger partial charge on any atom is -0.379 e. The molecule has 0 saturated carbocycles. The van der Waals surface area contributed by atoms with Crippen LogP contribution in [0.25, 0.3) is 0 Å². The van der Waals surface area contributed by atoms with Crippen LogP contribution in [-0.4, -0.2) is 70.5 Å². The molecule has 28 heavy (non-hydrogen) atoms. The highest BCUT2D eigenvalue weighted by Gasteiger charge is 2.31. The van der Waals surface area contributed by atoms with Crippen LogP contribution in [0.3, 0.4) is 0 Å². The zero-order valence-electron chi connectivity index (χ0n) is 17.3. The molecular formula is C21H34N4O2S. The van der Waals surface area contributed by atoms with Crippen LogP contribution in [0.15, 0.2) is 12.7 Å². The predicted molar refractivity (Wildman–Crippen MR) is 115 cm³/mol. The summed E-state index contributed by atoms with van der Waals surface area (Å²) in [5.41, 5.74) is 3.03. The summed E-state index contributed by atoms with van der Waals surface area (Å²) in [4.78, 5) is 15.1. The third kappa shape index (κ3) is 5.39. The quantitative estimate of drug-likeness (QED) is 0.504. The van der Waals surface area contributed by atoms with Crippen molar-refractivity contribution in [2.75, 3.05) is 37.7 Å². The number of carbonyl (C=O) groups excluding carboxylic acids is 1. The van der Waals surface area contributed by atoms with E-state index in [1.54, 1.807) is 0 Å². The smallest absolute Gasteiger partial charge is 0.274 e. The number of allylic oxidation sites excluding steroid dienone is 1. The fourth-order valence-corrected chi connectivity index (χ4v) is 4.82. The molecule has 1 aliphatic heterocycles. The van der Waals surface area contributed by atoms with Gasteiger partial charge in [-0.15, -0.1) is 6.58 Å². The van der Waals surface area contributed by atoms with Crippen LogP contribution in [-0.2, 0) is 24.1 Å². The number of carbonyl (C=O) groups is 1. The highest BCUT2D eigenvalue weighted by atomic mass is 32.2. The maximum absolute atomic E-state index is 13.1. The molecule has 0 unspecified atom stereocenters. The SMILES string of the molecule is C=CCn1nc(C(=O)N2CCSCC2)c2c1CC[C@H](NCCCOC(C)C)C2. The normalized spacial score (nSPS) is 19.7. The van der Waals surface area contributed by atoms with Gasteiger partial charge in [0.2, 0.25) is 0 Å². The van der Waals surface area contributed by atoms with Gasteiger partial charge in [-0.3, -0.25) is 9.48 Å². The molecule has 0 aromatic carbocycles. The largest absolute Gasteiger partial charge is 0.379 e. The Labute approximate surface area is 173 Å². The van der Waals surface area contributed by atoms with E-state index >= 15 is 0 Å². The number of rotatable bonds is 9. The minimum absolute atomic E-state index is 0.102. The van der Waals surface area contributed by atoms with Gasteiger partial charge in [-0.05, 0) is 46.1 Å². The highest BCUT2D eigenvalue weighted by molar-refractivity contribution is 7.99. The summed E-state index contributed by atoms with van der Waals surface area (Å²) in [6.07, 6.45) is 6.07. The molecule has 6 nitrogen and oxygen atoms in total. The van der Waals surface area contributed by atoms with Crippen LogP contribution in [0.1, 0.15) is 48.4 Å². The Morgan fingerprint density at radius 2 is 2.21 bits per heavy atom. The van der Waals surface area contributed by atoms with Crippen molar-refractivity contribution in [3.8, 4) is 0 Å². The van der Waals surface area contributed by atoms with Crippen molar-refractivity contribution in [3.63, 3.8) is 0 Å². The Morgan fingerprint density at radius 3 is 2.93 bits per heavy atom. The molecule has 1 fully saturated rings. The lowest BCUT2D eigenvalue weighted by Gasteiger charge is -2.27. The van der Waals surface area contributed by atoms with Crippen LogP contribution in [0.2, 0.25) is 0 Å². The molecule has 1 aromatic rings. The Kier molecular flexibility index (Phi) is 8.00. The Hall–Kier alpha value is -1.31. The first-order chi connectivity index (χ1) is 13.6. The summed E-state index contributed by atoms with van der Waals surface area (Å²) in [7, 11) is 0. The number of nitrogens with one attached hydrogen (secondary N) is 1. The molecule has 0 radical (unpaired) electrons. The topological polar surface area (TPSA) is 59.4 Å². The molecule has 7 heteroatoms. The Balaban J connectivity index is 1.66. The molecule has 2 aliphatic rings. The third-order valence-electron chi connectivity index (χ3n) is 5.35. The molecule has 1 amide bonds. The van der Waals surface area contributed by atoms with Gasteiger partial charge < -0.3 is 15.0 Å². The summed E-state index contributed by atoms with van der Waals surface area (Å²) < 4.78 is 7.61. The molecule has 1 atom stereocenters. The summed E-state index contributed by atoms with van der Waals surface area (Å²) in [6, 6.07) is 0.399. The number of nitrogens with zero attached hydrogens (tertiary/aromatic N) is 3. The van der Waals surface area contributed by atoms with Crippen molar-refractivity contribution < 1.29 is 9.53 Å². The van der Waals surface area contributed by atoms with Crippen molar-refractivity contribution in [3.05, 3.63) is 29.6 Å². The lowest BCUT2D eigenvalue weighted by molar-refractivity contribution is 0.0763. The van der Waals surface area contributed by atoms with Crippen LogP contribution < -0.4 is 5.32 Å². The second kappa shape index (κ2) is 10.5. The molecule has 156 valence electrons. The van der Waals surface area contributed by atoms with Crippen LogP contribution in [0.4, 0.5) is 0 Å². The summed E-state index contributed by atoms with van der Waals surface area (Å²) in [6.45, 7) is 12.0. The maximum Gasteiger partial charge on any atom is 0.274 e. The van der Waals surface area contributed by atoms with Gasteiger partial charge in [0.15, 0.2) is 5.69 Å². The third-order valence-corrected chi connectivity index (χ3v) is 6.30. The molecule has 1 saturated heterocycles. The minimum atomic E-state index is 0.102. The number of ether oxygens (including phenoxy) is 1. The fraction of sp³-hybridized carbons (Fsp3) is 0.714. The standard InChI is InChI=1S/C21H34N4O2S/c1-4-9-25-19-7-6-17(22-8-5-12-27-16(2)3)15-18(19)20(23-25)21(26)24-10-13-28-14-11-24/h4,16-17,22H,1,5-15H2,2-3H3/t17-/m0/s1. The first-order valence-electron chi connectivity index (χ1n) is 10.5. The average Bonchev–Trinajstić information content (AvgIpc) is 3.06. The van der Waals surface area contributed by atoms with E-state index in [-0.39, 0.29) is 12.0 Å². The van der Waals surface area contributed by atoms with Crippen molar-refractivity contribution in [1.29, 1.82) is 0 Å². The molecule has 0 spiro atoms. The fourth-order valence-electron chi connectivity index (χ4n) is 3.92. The van der Waals surface area contributed by atoms with E-state index in [9.17, 15) is 4.79 Å². The van der Waals surface area contributed by atoms with Gasteiger partial charge in [0.05, 0.1) is 12.6 Å². The number of fused-ring (bicyclic) bond motifs is 1. The van der Waals surface area contributed by atoms with E-state index in [0.717, 1.165) is 69.0 Å². The highest BCUT2D eigenvalue weighted by Crippen LogP contribution is 2.26. The summed E-state index contributed by atoms with van der Waals surface area (Å²) in [5.74, 6) is 2.14. The van der Waals surface area contributed by atoms with E-state index in [1.165, 1.54) is 5.69 Å². The van der Waals surface area contributed by atoms with Crippen LogP contribution in [0.5, 0.6) is 0 Å². The maximum atomic E-state index is 13.1. The van der Waals surface area contributed by atoms with E-state index in [4.69, 9.17) is 9.84 Å². The monoisotopic (exact) mass is 406 g/mol. The zero-order valence-corrected chi connectivity index (χ0v) is 18.1. The summed E-state index contributed by atoms with van der Waals surface area (Å²) in [5, 5.41) is 8.38. The van der Waals surface area contributed by atoms with Crippen molar-refractivity contribution >= 4 is 17.7 Å². The Bertz CT molecular complexity index is 668. The molecular weight excluding hydrogens is 372 g/mol. The number of aromatic nitrogens is 2. The van der Waals surface area contributed by atoms with Crippen LogP contribution in [0, 0.1) is 0 Å². The zero-order chi connectivity index (χ0) is 19.9. The van der Waals surface area contributed by atoms with E-state index in [1.807, 2.05) is 27.4 Å². The molecule has 1 aliphatic carbocycles. The number of hydrogen-bond acceptors (Lipinski definition) is 5. The van der Waals surface area contributed by atoms with Crippen molar-refractivity contribution in [1.82, 2.24) is 20.0 Å². The molecule has 1 N–H and O–H groups in total. The van der Waals surface area contributed by atoms with E-state index < -0.39 is 0 Å². The lowest BCUT2D eigenvalue weighted by Crippen LogP contribution is -2.40. The van der Waals surface area contributed by atoms with Crippen molar-refractivity contribution in [2.24, 2.45) is 0 Å². The van der Waals surface area contributed by atoms with Gasteiger partial charge in [0.25, 0.3) is 5.91 Å². The lowest BCUT2D eigenvalue weighted by atomic mass is 9.91. The second-order valence-electron chi connectivity index (χ2n) is 7.82. The van der Waals surface area contributed by atoms with Gasteiger partial charge >= 0.3 is 0 Å². The van der Waals surface area contributed by atoms with Crippen molar-refractivity contribution in [2.45, 2.75) is 58.2 Å². The Morgan fingerprint density at radius 1 is 1.43 bits per heavy atom. The number of amides is 1. The first-order valence-corrected chi connectivity index (χ1v) is 11.7. The van der Waals surface area contributed by atoms with E-state index in [0.29, 0.717) is 18.3 Å². The molecule has 1 aromatic heterocycles. The van der Waals surface area contributed by atoms with Gasteiger partial charge in [0, 0.05) is 48.5 Å². The second-order valence-corrected chi connectivity index (χ2v) is 9.04.